The minimum absolute atomic E-state index is 0.0596. The molecule has 68 heavy (non-hydrogen) atoms. The normalized spacial score (nSPS) is 13.0. The minimum Gasteiger partial charge on any atom is -0.462 e. The molecule has 0 N–H and O–H groups in total. The first-order valence-electron chi connectivity index (χ1n) is 28.4. The van der Waals surface area contributed by atoms with E-state index in [-0.39, 0.29) is 25.2 Å². The Hall–Kier alpha value is -3.44. The highest BCUT2D eigenvalue weighted by molar-refractivity contribution is 5.70. The van der Waals surface area contributed by atoms with Crippen LogP contribution in [0.5, 0.6) is 0 Å². The molecule has 5 heteroatoms. The second kappa shape index (κ2) is 57.9. The summed E-state index contributed by atoms with van der Waals surface area (Å²) in [4.78, 5) is 25.5. The zero-order valence-corrected chi connectivity index (χ0v) is 44.6. The van der Waals surface area contributed by atoms with Crippen LogP contribution >= 0.6 is 0 Å². The first kappa shape index (κ1) is 64.6. The van der Waals surface area contributed by atoms with Crippen LogP contribution in [0, 0.1) is 0 Å². The largest absolute Gasteiger partial charge is 0.462 e. The van der Waals surface area contributed by atoms with Gasteiger partial charge < -0.3 is 14.2 Å². The summed E-state index contributed by atoms with van der Waals surface area (Å²) in [6, 6.07) is 0. The van der Waals surface area contributed by atoms with Crippen LogP contribution in [-0.4, -0.2) is 37.9 Å². The lowest BCUT2D eigenvalue weighted by Crippen LogP contribution is -2.30. The number of ether oxygens (including phenoxy) is 3. The number of hydrogen-bond donors (Lipinski definition) is 0. The van der Waals surface area contributed by atoms with Gasteiger partial charge in [0.2, 0.25) is 0 Å². The summed E-state index contributed by atoms with van der Waals surface area (Å²) >= 11 is 0. The smallest absolute Gasteiger partial charge is 0.306 e. The highest BCUT2D eigenvalue weighted by atomic mass is 16.6. The second-order valence-electron chi connectivity index (χ2n) is 18.4. The van der Waals surface area contributed by atoms with Crippen molar-refractivity contribution in [3.8, 4) is 0 Å². The molecule has 0 aliphatic carbocycles. The standard InChI is InChI=1S/C63H106O5/c1-4-7-10-13-16-19-22-25-27-29-31-33-35-37-40-43-46-49-52-55-58-66-59-61(68-63(65)57-54-51-48-45-42-38-24-21-18-15-12-9-6-3)60-67-62(64)56-53-50-47-44-41-39-36-34-32-30-28-26-23-20-17-14-11-8-5-2/h7-8,10-11,16-17,19-20,25-28,31-34,39,41,61H,4-6,9,12-15,18,21-24,29-30,35-38,40,42-60H2,1-3H3/b10-7-,11-8-,19-16-,20-17-,27-25-,28-26-,33-31-,34-32-,41-39-. The third-order valence-corrected chi connectivity index (χ3v) is 11.8. The van der Waals surface area contributed by atoms with Crippen molar-refractivity contribution in [2.75, 3.05) is 19.8 Å². The number of allylic oxidation sites excluding steroid dienone is 18. The van der Waals surface area contributed by atoms with Gasteiger partial charge in [0.15, 0.2) is 6.10 Å². The molecule has 0 aliphatic heterocycles. The fourth-order valence-corrected chi connectivity index (χ4v) is 7.65. The molecule has 1 unspecified atom stereocenters. The first-order chi connectivity index (χ1) is 33.6. The van der Waals surface area contributed by atoms with E-state index in [4.69, 9.17) is 14.2 Å². The lowest BCUT2D eigenvalue weighted by Gasteiger charge is -2.18. The summed E-state index contributed by atoms with van der Waals surface area (Å²) in [6.45, 7) is 7.55. The quantitative estimate of drug-likeness (QED) is 0.0345. The predicted molar refractivity (Wildman–Crippen MR) is 297 cm³/mol. The van der Waals surface area contributed by atoms with Gasteiger partial charge in [-0.3, -0.25) is 9.59 Å². The fraction of sp³-hybridized carbons (Fsp3) is 0.683. The van der Waals surface area contributed by atoms with Crippen LogP contribution in [0.15, 0.2) is 109 Å². The molecule has 388 valence electrons. The molecule has 0 radical (unpaired) electrons. The molecule has 0 aliphatic rings. The number of hydrogen-bond acceptors (Lipinski definition) is 5. The van der Waals surface area contributed by atoms with Gasteiger partial charge in [0, 0.05) is 19.4 Å². The monoisotopic (exact) mass is 943 g/mol. The van der Waals surface area contributed by atoms with Gasteiger partial charge in [-0.05, 0) is 103 Å². The number of rotatable bonds is 51. The summed E-state index contributed by atoms with van der Waals surface area (Å²) in [7, 11) is 0. The van der Waals surface area contributed by atoms with E-state index < -0.39 is 6.10 Å². The van der Waals surface area contributed by atoms with Gasteiger partial charge in [-0.15, -0.1) is 0 Å². The summed E-state index contributed by atoms with van der Waals surface area (Å²) in [6.07, 6.45) is 79.6. The zero-order valence-electron chi connectivity index (χ0n) is 44.6. The predicted octanol–water partition coefficient (Wildman–Crippen LogP) is 19.6. The van der Waals surface area contributed by atoms with Crippen LogP contribution in [0.25, 0.3) is 0 Å². The lowest BCUT2D eigenvalue weighted by molar-refractivity contribution is -0.163. The van der Waals surface area contributed by atoms with Gasteiger partial charge >= 0.3 is 11.9 Å². The van der Waals surface area contributed by atoms with Crippen molar-refractivity contribution in [2.45, 2.75) is 258 Å². The van der Waals surface area contributed by atoms with E-state index in [2.05, 4.69) is 130 Å². The van der Waals surface area contributed by atoms with Crippen LogP contribution in [0.2, 0.25) is 0 Å². The number of esters is 2. The second-order valence-corrected chi connectivity index (χ2v) is 18.4. The van der Waals surface area contributed by atoms with Crippen molar-refractivity contribution in [3.63, 3.8) is 0 Å². The highest BCUT2D eigenvalue weighted by Crippen LogP contribution is 2.15. The molecular weight excluding hydrogens is 837 g/mol. The van der Waals surface area contributed by atoms with Crippen molar-refractivity contribution in [1.82, 2.24) is 0 Å². The summed E-state index contributed by atoms with van der Waals surface area (Å²) < 4.78 is 17.4. The molecule has 0 amide bonds. The molecule has 0 fully saturated rings. The Morgan fingerprint density at radius 3 is 1.07 bits per heavy atom. The van der Waals surface area contributed by atoms with Crippen LogP contribution in [0.3, 0.4) is 0 Å². The van der Waals surface area contributed by atoms with E-state index in [9.17, 15) is 9.59 Å². The Bertz CT molecular complexity index is 1340. The molecular formula is C63H106O5. The van der Waals surface area contributed by atoms with Crippen LogP contribution in [0.1, 0.15) is 252 Å². The van der Waals surface area contributed by atoms with Crippen molar-refractivity contribution in [3.05, 3.63) is 109 Å². The minimum atomic E-state index is -0.561. The van der Waals surface area contributed by atoms with E-state index in [1.165, 1.54) is 103 Å². The van der Waals surface area contributed by atoms with Gasteiger partial charge in [0.1, 0.15) is 6.61 Å². The van der Waals surface area contributed by atoms with Gasteiger partial charge in [-0.25, -0.2) is 0 Å². The molecule has 0 saturated carbocycles. The van der Waals surface area contributed by atoms with Crippen molar-refractivity contribution < 1.29 is 23.8 Å². The van der Waals surface area contributed by atoms with Crippen LogP contribution in [-0.2, 0) is 23.8 Å². The number of carbonyl (C=O) groups is 2. The molecule has 0 heterocycles. The SMILES string of the molecule is CC/C=C\C/C=C\C/C=C\C/C=C\C/C=C\CCCCCC(=O)OCC(COCCCCCCCCC/C=C\C/C=C\C/C=C\C/C=C\CC)OC(=O)CCCCCCCCCCCCCCC. The average molecular weight is 944 g/mol. The molecule has 0 aromatic heterocycles. The molecule has 0 aromatic rings. The van der Waals surface area contributed by atoms with Gasteiger partial charge in [-0.2, -0.15) is 0 Å². The van der Waals surface area contributed by atoms with Crippen molar-refractivity contribution >= 4 is 11.9 Å². The first-order valence-corrected chi connectivity index (χ1v) is 28.4. The van der Waals surface area contributed by atoms with Crippen LogP contribution < -0.4 is 0 Å². The number of carbonyl (C=O) groups excluding carboxylic acids is 2. The van der Waals surface area contributed by atoms with Crippen molar-refractivity contribution in [2.24, 2.45) is 0 Å². The maximum atomic E-state index is 12.8. The molecule has 0 spiro atoms. The summed E-state index contributed by atoms with van der Waals surface area (Å²) in [5, 5.41) is 0. The van der Waals surface area contributed by atoms with Gasteiger partial charge in [0.05, 0.1) is 6.61 Å². The average Bonchev–Trinajstić information content (AvgIpc) is 3.34. The maximum absolute atomic E-state index is 12.8. The molecule has 1 atom stereocenters. The third kappa shape index (κ3) is 55.2. The summed E-state index contributed by atoms with van der Waals surface area (Å²) in [5.41, 5.74) is 0. The Morgan fingerprint density at radius 2 is 0.662 bits per heavy atom. The Morgan fingerprint density at radius 1 is 0.338 bits per heavy atom. The third-order valence-electron chi connectivity index (χ3n) is 11.8. The molecule has 0 rings (SSSR count). The maximum Gasteiger partial charge on any atom is 0.306 e. The fourth-order valence-electron chi connectivity index (χ4n) is 7.65. The molecule has 0 bridgehead atoms. The Kier molecular flexibility index (Phi) is 54.9. The number of unbranched alkanes of at least 4 members (excludes halogenated alkanes) is 22. The van der Waals surface area contributed by atoms with E-state index in [1.54, 1.807) is 0 Å². The topological polar surface area (TPSA) is 61.8 Å². The molecule has 0 aromatic carbocycles. The lowest BCUT2D eigenvalue weighted by atomic mass is 10.0. The van der Waals surface area contributed by atoms with Crippen LogP contribution in [0.4, 0.5) is 0 Å². The molecule has 5 nitrogen and oxygen atoms in total. The molecule has 0 saturated heterocycles. The van der Waals surface area contributed by atoms with E-state index in [1.807, 2.05) is 0 Å². The van der Waals surface area contributed by atoms with E-state index in [0.717, 1.165) is 116 Å². The van der Waals surface area contributed by atoms with Crippen molar-refractivity contribution in [1.29, 1.82) is 0 Å². The zero-order chi connectivity index (χ0) is 49.2. The van der Waals surface area contributed by atoms with E-state index in [0.29, 0.717) is 19.4 Å². The van der Waals surface area contributed by atoms with Gasteiger partial charge in [0.25, 0.3) is 0 Å². The Balaban J connectivity index is 4.35. The summed E-state index contributed by atoms with van der Waals surface area (Å²) in [5.74, 6) is -0.439. The Labute approximate surface area is 421 Å². The highest BCUT2D eigenvalue weighted by Gasteiger charge is 2.17. The van der Waals surface area contributed by atoms with Gasteiger partial charge in [-0.1, -0.05) is 246 Å². The van der Waals surface area contributed by atoms with E-state index >= 15 is 0 Å².